The Kier molecular flexibility index (Phi) is 8.02. The van der Waals surface area contributed by atoms with Gasteiger partial charge in [-0.15, -0.1) is 0 Å². The third-order valence-corrected chi connectivity index (χ3v) is 6.77. The van der Waals surface area contributed by atoms with Crippen molar-refractivity contribution in [3.63, 3.8) is 0 Å². The first-order valence-corrected chi connectivity index (χ1v) is 12.2. The number of carbonyl (C=O) groups excluding carboxylic acids is 2. The molecular formula is C27H32N2O6. The normalized spacial score (nSPS) is 16.3. The molecule has 0 bridgehead atoms. The van der Waals surface area contributed by atoms with Gasteiger partial charge in [-0.3, -0.25) is 9.59 Å². The van der Waals surface area contributed by atoms with Gasteiger partial charge in [0.15, 0.2) is 0 Å². The Morgan fingerprint density at radius 1 is 1.03 bits per heavy atom. The first-order chi connectivity index (χ1) is 17.0. The van der Waals surface area contributed by atoms with Crippen LogP contribution in [0, 0.1) is 0 Å². The summed E-state index contributed by atoms with van der Waals surface area (Å²) in [6.07, 6.45) is 1.08. The highest BCUT2D eigenvalue weighted by atomic mass is 16.5. The van der Waals surface area contributed by atoms with Crippen molar-refractivity contribution in [1.82, 2.24) is 10.2 Å². The molecule has 0 spiro atoms. The van der Waals surface area contributed by atoms with Gasteiger partial charge in [-0.1, -0.05) is 55.5 Å². The highest BCUT2D eigenvalue weighted by Crippen LogP contribution is 2.44. The average Bonchev–Trinajstić information content (AvgIpc) is 3.19. The van der Waals surface area contributed by atoms with Gasteiger partial charge in [-0.05, 0) is 41.5 Å². The van der Waals surface area contributed by atoms with E-state index < -0.39 is 18.1 Å². The van der Waals surface area contributed by atoms with Crippen molar-refractivity contribution in [3.05, 3.63) is 59.7 Å². The van der Waals surface area contributed by atoms with Gasteiger partial charge in [0, 0.05) is 19.0 Å². The van der Waals surface area contributed by atoms with Crippen molar-refractivity contribution in [1.29, 1.82) is 0 Å². The molecule has 2 amide bonds. The van der Waals surface area contributed by atoms with Crippen LogP contribution in [-0.4, -0.2) is 66.4 Å². The van der Waals surface area contributed by atoms with Crippen LogP contribution in [0.25, 0.3) is 11.1 Å². The zero-order valence-corrected chi connectivity index (χ0v) is 19.9. The second kappa shape index (κ2) is 11.4. The molecule has 2 aromatic rings. The van der Waals surface area contributed by atoms with Crippen LogP contribution in [0.5, 0.6) is 0 Å². The topological polar surface area (TPSA) is 105 Å². The molecule has 1 heterocycles. The van der Waals surface area contributed by atoms with Crippen molar-refractivity contribution in [2.75, 3.05) is 26.3 Å². The summed E-state index contributed by atoms with van der Waals surface area (Å²) in [5, 5.41) is 11.5. The maximum absolute atomic E-state index is 13.0. The Morgan fingerprint density at radius 2 is 1.63 bits per heavy atom. The molecule has 4 rings (SSSR count). The molecule has 186 valence electrons. The molecule has 0 saturated carbocycles. The number of hydrogen-bond donors (Lipinski definition) is 2. The molecule has 0 unspecified atom stereocenters. The van der Waals surface area contributed by atoms with Crippen LogP contribution in [0.4, 0.5) is 4.79 Å². The third kappa shape index (κ3) is 5.82. The number of likely N-dealkylation sites (tertiary alicyclic amines) is 1. The van der Waals surface area contributed by atoms with Crippen LogP contribution in [0.15, 0.2) is 48.5 Å². The Hall–Kier alpha value is -3.39. The molecule has 8 heteroatoms. The maximum Gasteiger partial charge on any atom is 0.407 e. The van der Waals surface area contributed by atoms with E-state index in [-0.39, 0.29) is 37.6 Å². The number of carboxylic acids is 1. The summed E-state index contributed by atoms with van der Waals surface area (Å²) < 4.78 is 11.2. The summed E-state index contributed by atoms with van der Waals surface area (Å²) in [6, 6.07) is 15.6. The molecule has 2 N–H and O–H groups in total. The predicted octanol–water partition coefficient (Wildman–Crippen LogP) is 3.79. The molecule has 2 aliphatic rings. The van der Waals surface area contributed by atoms with E-state index in [9.17, 15) is 14.4 Å². The van der Waals surface area contributed by atoms with Crippen LogP contribution >= 0.6 is 0 Å². The SMILES string of the molecule is CC[C@@H](NC(=O)OCC1c2ccccc2-c2ccccc21)C(=O)N1CCC(OCCC(=O)O)CC1. The number of amides is 2. The minimum Gasteiger partial charge on any atom is -0.481 e. The number of aliphatic carboxylic acids is 1. The fraction of sp³-hybridized carbons (Fsp3) is 0.444. The number of rotatable bonds is 9. The molecule has 1 fully saturated rings. The molecule has 0 aromatic heterocycles. The highest BCUT2D eigenvalue weighted by Gasteiger charge is 2.31. The number of hydrogen-bond acceptors (Lipinski definition) is 5. The fourth-order valence-electron chi connectivity index (χ4n) is 4.90. The molecule has 35 heavy (non-hydrogen) atoms. The summed E-state index contributed by atoms with van der Waals surface area (Å²) >= 11 is 0. The summed E-state index contributed by atoms with van der Waals surface area (Å²) in [6.45, 7) is 3.26. The van der Waals surface area contributed by atoms with Crippen LogP contribution in [0.3, 0.4) is 0 Å². The monoisotopic (exact) mass is 480 g/mol. The van der Waals surface area contributed by atoms with Crippen molar-refractivity contribution in [2.24, 2.45) is 0 Å². The number of nitrogens with zero attached hydrogens (tertiary/aromatic N) is 1. The maximum atomic E-state index is 13.0. The smallest absolute Gasteiger partial charge is 0.407 e. The number of carbonyl (C=O) groups is 3. The second-order valence-corrected chi connectivity index (χ2v) is 8.97. The van der Waals surface area contributed by atoms with Gasteiger partial charge in [0.2, 0.25) is 5.91 Å². The second-order valence-electron chi connectivity index (χ2n) is 8.97. The summed E-state index contributed by atoms with van der Waals surface area (Å²) in [4.78, 5) is 38.0. The van der Waals surface area contributed by atoms with Gasteiger partial charge in [0.1, 0.15) is 12.6 Å². The van der Waals surface area contributed by atoms with Gasteiger partial charge < -0.3 is 24.8 Å². The number of piperidine rings is 1. The minimum atomic E-state index is -0.886. The summed E-state index contributed by atoms with van der Waals surface area (Å²) in [7, 11) is 0. The van der Waals surface area contributed by atoms with Gasteiger partial charge >= 0.3 is 12.1 Å². The molecule has 1 aliphatic carbocycles. The van der Waals surface area contributed by atoms with Gasteiger partial charge in [0.05, 0.1) is 19.1 Å². The summed E-state index contributed by atoms with van der Waals surface area (Å²) in [5.41, 5.74) is 4.60. The van der Waals surface area contributed by atoms with Gasteiger partial charge in [0.25, 0.3) is 0 Å². The quantitative estimate of drug-likeness (QED) is 0.566. The number of alkyl carbamates (subject to hydrolysis) is 1. The van der Waals surface area contributed by atoms with Crippen molar-refractivity contribution in [3.8, 4) is 11.1 Å². The van der Waals surface area contributed by atoms with Crippen LogP contribution in [-0.2, 0) is 19.1 Å². The number of carboxylic acid groups (broad SMARTS) is 1. The van der Waals surface area contributed by atoms with E-state index in [2.05, 4.69) is 29.6 Å². The summed E-state index contributed by atoms with van der Waals surface area (Å²) in [5.74, 6) is -1.06. The van der Waals surface area contributed by atoms with E-state index in [0.29, 0.717) is 32.4 Å². The number of nitrogens with one attached hydrogen (secondary N) is 1. The van der Waals surface area contributed by atoms with E-state index >= 15 is 0 Å². The lowest BCUT2D eigenvalue weighted by Gasteiger charge is -2.34. The van der Waals surface area contributed by atoms with Gasteiger partial charge in [-0.2, -0.15) is 0 Å². The lowest BCUT2D eigenvalue weighted by atomic mass is 9.98. The fourth-order valence-corrected chi connectivity index (χ4v) is 4.90. The largest absolute Gasteiger partial charge is 0.481 e. The van der Waals surface area contributed by atoms with Gasteiger partial charge in [-0.25, -0.2) is 4.79 Å². The van der Waals surface area contributed by atoms with Crippen LogP contribution in [0.2, 0.25) is 0 Å². The van der Waals surface area contributed by atoms with E-state index in [1.54, 1.807) is 4.90 Å². The third-order valence-electron chi connectivity index (χ3n) is 6.77. The standard InChI is InChI=1S/C27H32N2O6/c1-2-24(26(32)29-14-11-18(12-15-29)34-16-13-25(30)31)28-27(33)35-17-23-21-9-5-3-7-19(21)20-8-4-6-10-22(20)23/h3-10,18,23-24H,2,11-17H2,1H3,(H,28,33)(H,30,31)/t24-/m1/s1. The Morgan fingerprint density at radius 3 is 2.20 bits per heavy atom. The molecule has 8 nitrogen and oxygen atoms in total. The molecule has 2 aromatic carbocycles. The molecule has 1 saturated heterocycles. The van der Waals surface area contributed by atoms with E-state index in [0.717, 1.165) is 22.3 Å². The molecule has 0 radical (unpaired) electrons. The average molecular weight is 481 g/mol. The van der Waals surface area contributed by atoms with Crippen molar-refractivity contribution in [2.45, 2.75) is 50.7 Å². The Bertz CT molecular complexity index is 1020. The first-order valence-electron chi connectivity index (χ1n) is 12.2. The molecule has 1 atom stereocenters. The zero-order chi connectivity index (χ0) is 24.8. The van der Waals surface area contributed by atoms with Crippen molar-refractivity contribution >= 4 is 18.0 Å². The number of ether oxygens (including phenoxy) is 2. The molecular weight excluding hydrogens is 448 g/mol. The lowest BCUT2D eigenvalue weighted by molar-refractivity contribution is -0.139. The number of fused-ring (bicyclic) bond motifs is 3. The lowest BCUT2D eigenvalue weighted by Crippen LogP contribution is -2.51. The van der Waals surface area contributed by atoms with Crippen LogP contribution in [0.1, 0.15) is 49.7 Å². The highest BCUT2D eigenvalue weighted by molar-refractivity contribution is 5.86. The molecule has 1 aliphatic heterocycles. The Labute approximate surface area is 205 Å². The minimum absolute atomic E-state index is 0.0267. The van der Waals surface area contributed by atoms with E-state index in [1.165, 1.54) is 0 Å². The van der Waals surface area contributed by atoms with E-state index in [1.807, 2.05) is 31.2 Å². The van der Waals surface area contributed by atoms with Crippen molar-refractivity contribution < 1.29 is 29.0 Å². The zero-order valence-electron chi connectivity index (χ0n) is 19.9. The van der Waals surface area contributed by atoms with E-state index in [4.69, 9.17) is 14.6 Å². The number of benzene rings is 2. The Balaban J connectivity index is 1.28. The van der Waals surface area contributed by atoms with Crippen LogP contribution < -0.4 is 5.32 Å². The predicted molar refractivity (Wildman–Crippen MR) is 130 cm³/mol. The first kappa shape index (κ1) is 24.7.